The minimum atomic E-state index is -1.04. The first-order valence-electron chi connectivity index (χ1n) is 9.49. The highest BCUT2D eigenvalue weighted by Crippen LogP contribution is 2.60. The molecule has 5 rings (SSSR count). The van der Waals surface area contributed by atoms with Crippen LogP contribution in [0.2, 0.25) is 0 Å². The van der Waals surface area contributed by atoms with Gasteiger partial charge in [-0.15, -0.1) is 11.8 Å². The summed E-state index contributed by atoms with van der Waals surface area (Å²) in [5, 5.41) is 0. The number of carbonyl (C=O) groups excluding carboxylic acids is 2. The summed E-state index contributed by atoms with van der Waals surface area (Å²) in [5.41, 5.74) is 5.58. The van der Waals surface area contributed by atoms with Crippen LogP contribution in [-0.2, 0) is 14.5 Å². The van der Waals surface area contributed by atoms with Crippen molar-refractivity contribution < 1.29 is 9.59 Å². The van der Waals surface area contributed by atoms with Crippen LogP contribution >= 0.6 is 11.8 Å². The molecular formula is C23H22N2O2S. The lowest BCUT2D eigenvalue weighted by atomic mass is 9.88. The molecule has 0 aromatic heterocycles. The van der Waals surface area contributed by atoms with E-state index in [0.717, 1.165) is 28.1 Å². The fraction of sp³-hybridized carbons (Fsp3) is 0.304. The van der Waals surface area contributed by atoms with Crippen molar-refractivity contribution in [3.8, 4) is 0 Å². The Hall–Kier alpha value is -2.53. The minimum Gasteiger partial charge on any atom is -0.299 e. The number of hydrogen-bond acceptors (Lipinski definition) is 3. The van der Waals surface area contributed by atoms with Gasteiger partial charge in [0.15, 0.2) is 0 Å². The number of para-hydroxylation sites is 1. The summed E-state index contributed by atoms with van der Waals surface area (Å²) in [4.78, 5) is 29.7. The first-order chi connectivity index (χ1) is 13.3. The van der Waals surface area contributed by atoms with Gasteiger partial charge in [-0.3, -0.25) is 19.4 Å². The number of fused-ring (bicyclic) bond motifs is 1. The Balaban J connectivity index is 1.84. The lowest BCUT2D eigenvalue weighted by molar-refractivity contribution is -0.124. The molecule has 2 aromatic carbocycles. The van der Waals surface area contributed by atoms with Crippen LogP contribution in [-0.4, -0.2) is 23.1 Å². The SMILES string of the molecule is CC1=CC(C)(C)N2C(=O)C3(SCC(=O)N3c3ccccc3)c3cc(C)cc1c32. The van der Waals surface area contributed by atoms with Crippen LogP contribution in [0.3, 0.4) is 0 Å². The number of anilines is 2. The maximum atomic E-state index is 14.0. The zero-order valence-electron chi connectivity index (χ0n) is 16.4. The van der Waals surface area contributed by atoms with Crippen LogP contribution < -0.4 is 9.80 Å². The van der Waals surface area contributed by atoms with Crippen molar-refractivity contribution >= 4 is 40.5 Å². The van der Waals surface area contributed by atoms with E-state index in [2.05, 4.69) is 45.9 Å². The smallest absolute Gasteiger partial charge is 0.269 e. The Morgan fingerprint density at radius 3 is 2.43 bits per heavy atom. The van der Waals surface area contributed by atoms with Crippen LogP contribution in [0.1, 0.15) is 37.5 Å². The van der Waals surface area contributed by atoms with Crippen molar-refractivity contribution in [2.45, 2.75) is 38.1 Å². The van der Waals surface area contributed by atoms with E-state index in [9.17, 15) is 9.59 Å². The summed E-state index contributed by atoms with van der Waals surface area (Å²) in [6.07, 6.45) is 2.16. The molecule has 5 heteroatoms. The molecular weight excluding hydrogens is 368 g/mol. The van der Waals surface area contributed by atoms with Crippen molar-refractivity contribution in [3.63, 3.8) is 0 Å². The maximum absolute atomic E-state index is 14.0. The van der Waals surface area contributed by atoms with Gasteiger partial charge in [-0.05, 0) is 57.0 Å². The fourth-order valence-corrected chi connectivity index (χ4v) is 6.22. The lowest BCUT2D eigenvalue weighted by Gasteiger charge is -2.40. The second-order valence-electron chi connectivity index (χ2n) is 8.33. The van der Waals surface area contributed by atoms with E-state index in [1.165, 1.54) is 17.3 Å². The molecule has 2 aromatic rings. The van der Waals surface area contributed by atoms with Gasteiger partial charge in [0.2, 0.25) is 10.8 Å². The number of rotatable bonds is 1. The molecule has 0 aliphatic carbocycles. The van der Waals surface area contributed by atoms with Gasteiger partial charge < -0.3 is 0 Å². The largest absolute Gasteiger partial charge is 0.299 e. The monoisotopic (exact) mass is 390 g/mol. The molecule has 0 radical (unpaired) electrons. The van der Waals surface area contributed by atoms with Crippen LogP contribution in [0.4, 0.5) is 11.4 Å². The highest BCUT2D eigenvalue weighted by atomic mass is 32.2. The standard InChI is InChI=1S/C23H22N2O2S/c1-14-10-17-15(2)12-22(3,4)25-20(17)18(11-14)23(21(25)27)24(19(26)13-28-23)16-8-6-5-7-9-16/h5-12H,13H2,1-4H3. The van der Waals surface area contributed by atoms with Crippen molar-refractivity contribution in [1.29, 1.82) is 0 Å². The maximum Gasteiger partial charge on any atom is 0.269 e. The van der Waals surface area contributed by atoms with E-state index >= 15 is 0 Å². The first kappa shape index (κ1) is 17.6. The molecule has 2 amide bonds. The highest BCUT2D eigenvalue weighted by Gasteiger charge is 2.64. The summed E-state index contributed by atoms with van der Waals surface area (Å²) in [6.45, 7) is 8.28. The van der Waals surface area contributed by atoms with E-state index in [-0.39, 0.29) is 11.8 Å². The zero-order valence-corrected chi connectivity index (χ0v) is 17.3. The second-order valence-corrected chi connectivity index (χ2v) is 9.50. The van der Waals surface area contributed by atoms with Crippen molar-refractivity contribution in [1.82, 2.24) is 0 Å². The Bertz CT molecular complexity index is 1070. The number of thioether (sulfide) groups is 1. The summed E-state index contributed by atoms with van der Waals surface area (Å²) >= 11 is 1.44. The third-order valence-electron chi connectivity index (χ3n) is 5.89. The van der Waals surface area contributed by atoms with Crippen molar-refractivity contribution in [2.24, 2.45) is 0 Å². The molecule has 1 spiro atoms. The quantitative estimate of drug-likeness (QED) is 0.721. The average molecular weight is 391 g/mol. The van der Waals surface area contributed by atoms with E-state index in [0.29, 0.717) is 5.75 Å². The molecule has 1 saturated heterocycles. The highest BCUT2D eigenvalue weighted by molar-refractivity contribution is 8.02. The van der Waals surface area contributed by atoms with Crippen LogP contribution in [0.25, 0.3) is 5.57 Å². The Morgan fingerprint density at radius 1 is 1.00 bits per heavy atom. The molecule has 1 unspecified atom stereocenters. The molecule has 142 valence electrons. The van der Waals surface area contributed by atoms with Crippen LogP contribution in [0, 0.1) is 6.92 Å². The summed E-state index contributed by atoms with van der Waals surface area (Å²) in [5.74, 6) is 0.245. The number of carbonyl (C=O) groups is 2. The Labute approximate surface area is 169 Å². The number of allylic oxidation sites excluding steroid dienone is 1. The third kappa shape index (κ3) is 2.03. The van der Waals surface area contributed by atoms with Crippen molar-refractivity contribution in [2.75, 3.05) is 15.6 Å². The molecule has 0 N–H and O–H groups in total. The third-order valence-corrected chi connectivity index (χ3v) is 7.28. The lowest BCUT2D eigenvalue weighted by Crippen LogP contribution is -2.54. The minimum absolute atomic E-state index is 0.0252. The summed E-state index contributed by atoms with van der Waals surface area (Å²) < 4.78 is 0. The van der Waals surface area contributed by atoms with E-state index in [1.807, 2.05) is 35.2 Å². The average Bonchev–Trinajstić information content (AvgIpc) is 3.11. The normalized spacial score (nSPS) is 24.8. The van der Waals surface area contributed by atoms with E-state index < -0.39 is 10.4 Å². The summed E-state index contributed by atoms with van der Waals surface area (Å²) in [7, 11) is 0. The number of benzene rings is 2. The van der Waals surface area contributed by atoms with Gasteiger partial charge in [-0.2, -0.15) is 0 Å². The number of aryl methyl sites for hydroxylation is 1. The van der Waals surface area contributed by atoms with E-state index in [4.69, 9.17) is 0 Å². The molecule has 1 atom stereocenters. The van der Waals surface area contributed by atoms with Gasteiger partial charge >= 0.3 is 0 Å². The number of amides is 2. The molecule has 3 heterocycles. The molecule has 3 aliphatic rings. The van der Waals surface area contributed by atoms with Gasteiger partial charge in [-0.25, -0.2) is 0 Å². The van der Waals surface area contributed by atoms with Crippen LogP contribution in [0.5, 0.6) is 0 Å². The number of nitrogens with zero attached hydrogens (tertiary/aromatic N) is 2. The predicted octanol–water partition coefficient (Wildman–Crippen LogP) is 4.47. The predicted molar refractivity (Wildman–Crippen MR) is 114 cm³/mol. The molecule has 3 aliphatic heterocycles. The zero-order chi connectivity index (χ0) is 19.8. The second kappa shape index (κ2) is 5.51. The van der Waals surface area contributed by atoms with E-state index in [1.54, 1.807) is 4.90 Å². The Kier molecular flexibility index (Phi) is 3.45. The first-order valence-corrected chi connectivity index (χ1v) is 10.5. The molecule has 0 saturated carbocycles. The van der Waals surface area contributed by atoms with Crippen molar-refractivity contribution in [3.05, 3.63) is 65.2 Å². The van der Waals surface area contributed by atoms with Gasteiger partial charge in [0.05, 0.1) is 17.0 Å². The summed E-state index contributed by atoms with van der Waals surface area (Å²) in [6, 6.07) is 13.8. The van der Waals surface area contributed by atoms with Gasteiger partial charge in [0.1, 0.15) is 0 Å². The van der Waals surface area contributed by atoms with Gasteiger partial charge in [0, 0.05) is 16.8 Å². The molecule has 1 fully saturated rings. The molecule has 4 nitrogen and oxygen atoms in total. The molecule has 0 bridgehead atoms. The topological polar surface area (TPSA) is 40.6 Å². The number of hydrogen-bond donors (Lipinski definition) is 0. The van der Waals surface area contributed by atoms with Gasteiger partial charge in [0.25, 0.3) is 5.91 Å². The Morgan fingerprint density at radius 2 is 1.71 bits per heavy atom. The van der Waals surface area contributed by atoms with Gasteiger partial charge in [-0.1, -0.05) is 30.3 Å². The van der Waals surface area contributed by atoms with Crippen LogP contribution in [0.15, 0.2) is 48.5 Å². The molecule has 28 heavy (non-hydrogen) atoms. The fourth-order valence-electron chi connectivity index (χ4n) is 4.90.